The van der Waals surface area contributed by atoms with E-state index in [4.69, 9.17) is 10.5 Å². The van der Waals surface area contributed by atoms with E-state index in [0.717, 1.165) is 11.8 Å². The van der Waals surface area contributed by atoms with E-state index in [9.17, 15) is 22.4 Å². The number of amides is 2. The Hall–Kier alpha value is -4.09. The molecule has 8 nitrogen and oxygen atoms in total. The van der Waals surface area contributed by atoms with E-state index in [1.807, 2.05) is 29.2 Å². The summed E-state index contributed by atoms with van der Waals surface area (Å²) in [6.45, 7) is 1.74. The second-order valence-corrected chi connectivity index (χ2v) is 7.79. The summed E-state index contributed by atoms with van der Waals surface area (Å²) in [4.78, 5) is 24.0. The number of nitrogens with zero attached hydrogens (tertiary/aromatic N) is 4. The monoisotopic (exact) mass is 490 g/mol. The lowest BCUT2D eigenvalue weighted by atomic mass is 10.2. The molecular weight excluding hydrogens is 468 g/mol. The van der Waals surface area contributed by atoms with Gasteiger partial charge in [-0.2, -0.15) is 13.2 Å². The number of benzene rings is 2. The van der Waals surface area contributed by atoms with Crippen molar-refractivity contribution in [2.45, 2.75) is 12.8 Å². The van der Waals surface area contributed by atoms with Gasteiger partial charge in [0.15, 0.2) is 0 Å². The largest absolute Gasteiger partial charge is 0.485 e. The molecular formula is C23H22F4N6O2. The van der Waals surface area contributed by atoms with Crippen molar-refractivity contribution in [3.63, 3.8) is 0 Å². The quantitative estimate of drug-likeness (QED) is 0.522. The van der Waals surface area contributed by atoms with E-state index in [0.29, 0.717) is 49.8 Å². The van der Waals surface area contributed by atoms with Crippen LogP contribution in [0.4, 0.5) is 39.7 Å². The molecule has 0 unspecified atom stereocenters. The van der Waals surface area contributed by atoms with Crippen molar-refractivity contribution < 1.29 is 27.1 Å². The molecule has 2 amide bonds. The van der Waals surface area contributed by atoms with Gasteiger partial charge >= 0.3 is 12.2 Å². The van der Waals surface area contributed by atoms with Crippen molar-refractivity contribution in [1.29, 1.82) is 0 Å². The van der Waals surface area contributed by atoms with Crippen LogP contribution in [0.5, 0.6) is 5.75 Å². The number of urea groups is 1. The average Bonchev–Trinajstić information content (AvgIpc) is 2.82. The van der Waals surface area contributed by atoms with E-state index in [2.05, 4.69) is 15.3 Å². The molecule has 184 valence electrons. The second-order valence-electron chi connectivity index (χ2n) is 7.79. The normalized spacial score (nSPS) is 14.1. The molecule has 35 heavy (non-hydrogen) atoms. The van der Waals surface area contributed by atoms with Crippen LogP contribution in [0.3, 0.4) is 0 Å². The number of alkyl halides is 3. The first-order chi connectivity index (χ1) is 16.7. The van der Waals surface area contributed by atoms with Crippen LogP contribution in [0.25, 0.3) is 0 Å². The summed E-state index contributed by atoms with van der Waals surface area (Å²) >= 11 is 0. The smallest absolute Gasteiger partial charge is 0.416 e. The number of hydrogen-bond acceptors (Lipinski definition) is 6. The highest BCUT2D eigenvalue weighted by molar-refractivity contribution is 5.89. The Morgan fingerprint density at radius 2 is 1.83 bits per heavy atom. The number of anilines is 3. The Balaban J connectivity index is 1.37. The molecule has 2 aromatic carbocycles. The molecule has 1 aliphatic heterocycles. The predicted octanol–water partition coefficient (Wildman–Crippen LogP) is 4.15. The van der Waals surface area contributed by atoms with Crippen molar-refractivity contribution in [3.05, 3.63) is 71.8 Å². The molecule has 3 aromatic rings. The number of piperazine rings is 1. The summed E-state index contributed by atoms with van der Waals surface area (Å²) in [6.07, 6.45) is -3.17. The minimum absolute atomic E-state index is 0.154. The van der Waals surface area contributed by atoms with E-state index in [-0.39, 0.29) is 18.2 Å². The Morgan fingerprint density at radius 3 is 2.54 bits per heavy atom. The molecule has 1 saturated heterocycles. The van der Waals surface area contributed by atoms with Crippen molar-refractivity contribution in [1.82, 2.24) is 14.9 Å². The highest BCUT2D eigenvalue weighted by atomic mass is 19.4. The minimum atomic E-state index is -4.72. The topological polar surface area (TPSA) is 96.6 Å². The van der Waals surface area contributed by atoms with Gasteiger partial charge in [0.1, 0.15) is 18.2 Å². The van der Waals surface area contributed by atoms with E-state index < -0.39 is 23.6 Å². The van der Waals surface area contributed by atoms with Gasteiger partial charge in [0.2, 0.25) is 5.95 Å². The molecule has 0 bridgehead atoms. The fourth-order valence-electron chi connectivity index (χ4n) is 3.66. The fraction of sp³-hybridized carbons (Fsp3) is 0.261. The maximum Gasteiger partial charge on any atom is 0.416 e. The first-order valence-corrected chi connectivity index (χ1v) is 10.7. The summed E-state index contributed by atoms with van der Waals surface area (Å²) in [5, 5.41) is 2.36. The first-order valence-electron chi connectivity index (χ1n) is 10.7. The van der Waals surface area contributed by atoms with Gasteiger partial charge in [-0.15, -0.1) is 0 Å². The summed E-state index contributed by atoms with van der Waals surface area (Å²) in [5.74, 6) is -0.301. The van der Waals surface area contributed by atoms with Crippen LogP contribution < -0.4 is 20.7 Å². The molecule has 0 aliphatic carbocycles. The number of nitrogens with two attached hydrogens (primary N) is 1. The van der Waals surface area contributed by atoms with Gasteiger partial charge < -0.3 is 25.6 Å². The molecule has 0 radical (unpaired) electrons. The van der Waals surface area contributed by atoms with Crippen LogP contribution in [0.15, 0.2) is 54.7 Å². The number of carbonyl (C=O) groups excluding carboxylic acids is 1. The molecule has 4 rings (SSSR count). The van der Waals surface area contributed by atoms with E-state index in [1.54, 1.807) is 12.3 Å². The third-order valence-corrected chi connectivity index (χ3v) is 5.36. The fourth-order valence-corrected chi connectivity index (χ4v) is 3.66. The molecule has 0 spiro atoms. The average molecular weight is 490 g/mol. The van der Waals surface area contributed by atoms with Crippen molar-refractivity contribution >= 4 is 23.4 Å². The number of para-hydroxylation sites is 2. The van der Waals surface area contributed by atoms with Crippen LogP contribution in [0.2, 0.25) is 0 Å². The van der Waals surface area contributed by atoms with Crippen LogP contribution in [0.1, 0.15) is 11.3 Å². The molecule has 1 fully saturated rings. The Morgan fingerprint density at radius 1 is 1.09 bits per heavy atom. The van der Waals surface area contributed by atoms with Crippen LogP contribution >= 0.6 is 0 Å². The van der Waals surface area contributed by atoms with Gasteiger partial charge in [-0.1, -0.05) is 12.1 Å². The standard InChI is InChI=1S/C23H22F4N6O2/c24-16-11-15(23(25,26)27)12-18(13-16)31-22(34)33-9-7-32(8-10-33)19-3-1-2-4-20(19)35-14-17-5-6-29-21(28)30-17/h1-6,11-13H,7-10,14H2,(H,31,34)(H2,28,29,30). The Labute approximate surface area is 198 Å². The number of nitrogen functional groups attached to an aromatic ring is 1. The van der Waals surface area contributed by atoms with Gasteiger partial charge in [0, 0.05) is 38.1 Å². The maximum absolute atomic E-state index is 13.6. The number of ether oxygens (including phenoxy) is 1. The second kappa shape index (κ2) is 10.0. The zero-order valence-corrected chi connectivity index (χ0v) is 18.4. The molecule has 1 aromatic heterocycles. The minimum Gasteiger partial charge on any atom is -0.485 e. The maximum atomic E-state index is 13.6. The number of carbonyl (C=O) groups is 1. The van der Waals surface area contributed by atoms with Gasteiger partial charge in [-0.3, -0.25) is 0 Å². The lowest BCUT2D eigenvalue weighted by Crippen LogP contribution is -2.50. The number of nitrogens with one attached hydrogen (secondary N) is 1. The van der Waals surface area contributed by atoms with Crippen LogP contribution in [0, 0.1) is 5.82 Å². The number of hydrogen-bond donors (Lipinski definition) is 2. The van der Waals surface area contributed by atoms with Gasteiger partial charge in [-0.05, 0) is 36.4 Å². The molecule has 3 N–H and O–H groups in total. The highest BCUT2D eigenvalue weighted by Gasteiger charge is 2.32. The summed E-state index contributed by atoms with van der Waals surface area (Å²) in [7, 11) is 0. The van der Waals surface area contributed by atoms with Crippen LogP contribution in [-0.4, -0.2) is 47.1 Å². The van der Waals surface area contributed by atoms with Gasteiger partial charge in [0.05, 0.1) is 16.9 Å². The number of rotatable bonds is 5. The van der Waals surface area contributed by atoms with E-state index >= 15 is 0 Å². The van der Waals surface area contributed by atoms with Crippen LogP contribution in [-0.2, 0) is 12.8 Å². The number of aromatic nitrogens is 2. The highest BCUT2D eigenvalue weighted by Crippen LogP contribution is 2.32. The van der Waals surface area contributed by atoms with Gasteiger partial charge in [0.25, 0.3) is 0 Å². The third kappa shape index (κ3) is 6.08. The SMILES string of the molecule is Nc1nccc(COc2ccccc2N2CCN(C(=O)Nc3cc(F)cc(C(F)(F)F)c3)CC2)n1. The predicted molar refractivity (Wildman–Crippen MR) is 121 cm³/mol. The van der Waals surface area contributed by atoms with Gasteiger partial charge in [-0.25, -0.2) is 19.2 Å². The summed E-state index contributed by atoms with van der Waals surface area (Å²) in [5.41, 5.74) is 5.63. The van der Waals surface area contributed by atoms with Crippen molar-refractivity contribution in [2.24, 2.45) is 0 Å². The Bertz CT molecular complexity index is 1200. The molecule has 12 heteroatoms. The zero-order valence-electron chi connectivity index (χ0n) is 18.4. The van der Waals surface area contributed by atoms with Crippen molar-refractivity contribution in [2.75, 3.05) is 42.1 Å². The molecule has 0 atom stereocenters. The lowest BCUT2D eigenvalue weighted by Gasteiger charge is -2.36. The summed E-state index contributed by atoms with van der Waals surface area (Å²) in [6, 6.07) is 10.5. The molecule has 1 aliphatic rings. The third-order valence-electron chi connectivity index (χ3n) is 5.36. The first kappa shape index (κ1) is 24.0. The van der Waals surface area contributed by atoms with Crippen molar-refractivity contribution in [3.8, 4) is 5.75 Å². The zero-order chi connectivity index (χ0) is 25.0. The summed E-state index contributed by atoms with van der Waals surface area (Å²) < 4.78 is 58.3. The lowest BCUT2D eigenvalue weighted by molar-refractivity contribution is -0.137. The number of halogens is 4. The molecule has 0 saturated carbocycles. The Kier molecular flexibility index (Phi) is 6.90. The molecule has 2 heterocycles. The van der Waals surface area contributed by atoms with E-state index in [1.165, 1.54) is 4.90 Å².